The largest absolute Gasteiger partial charge is 0.328 e. The van der Waals surface area contributed by atoms with Gasteiger partial charge in [-0.1, -0.05) is 26.0 Å². The number of hydrogen-bond acceptors (Lipinski definition) is 3. The average Bonchev–Trinajstić information content (AvgIpc) is 3.16. The van der Waals surface area contributed by atoms with Crippen molar-refractivity contribution >= 4 is 5.78 Å². The molecule has 0 amide bonds. The van der Waals surface area contributed by atoms with Crippen LogP contribution in [-0.4, -0.2) is 23.3 Å². The summed E-state index contributed by atoms with van der Waals surface area (Å²) in [7, 11) is 0. The summed E-state index contributed by atoms with van der Waals surface area (Å²) < 4.78 is 0. The van der Waals surface area contributed by atoms with E-state index in [1.54, 1.807) is 0 Å². The molecule has 2 atom stereocenters. The van der Waals surface area contributed by atoms with Gasteiger partial charge in [0.1, 0.15) is 0 Å². The van der Waals surface area contributed by atoms with E-state index < -0.39 is 0 Å². The smallest absolute Gasteiger partial charge is 0.165 e. The molecule has 0 aromatic heterocycles. The van der Waals surface area contributed by atoms with Crippen LogP contribution in [0.3, 0.4) is 0 Å². The second-order valence-corrected chi connectivity index (χ2v) is 8.78. The maximum absolute atomic E-state index is 12.4. The van der Waals surface area contributed by atoms with Gasteiger partial charge in [-0.05, 0) is 74.6 Å². The Bertz CT molecular complexity index is 645. The summed E-state index contributed by atoms with van der Waals surface area (Å²) in [4.78, 5) is 15.1. The molecular weight excluding hydrogens is 308 g/mol. The molecule has 1 aromatic carbocycles. The first kappa shape index (κ1) is 17.2. The number of nitrogens with zero attached hydrogens (tertiary/aromatic N) is 1. The van der Waals surface area contributed by atoms with Crippen molar-refractivity contribution in [2.45, 2.75) is 76.9 Å². The number of rotatable bonds is 5. The second-order valence-electron chi connectivity index (χ2n) is 8.78. The quantitative estimate of drug-likeness (QED) is 0.795. The van der Waals surface area contributed by atoms with E-state index in [0.717, 1.165) is 11.5 Å². The fourth-order valence-corrected chi connectivity index (χ4v) is 5.31. The third-order valence-electron chi connectivity index (χ3n) is 6.81. The number of nitrogens with two attached hydrogens (primary N) is 1. The SMILES string of the molecule is CC(C)C(=O)c1ccc2c(c1)C1CCC2N1CCC1CCC(N)CC1. The Hall–Kier alpha value is -1.19. The summed E-state index contributed by atoms with van der Waals surface area (Å²) in [6.07, 6.45) is 8.88. The normalized spacial score (nSPS) is 31.5. The van der Waals surface area contributed by atoms with Gasteiger partial charge in [-0.3, -0.25) is 9.69 Å². The third-order valence-corrected chi connectivity index (χ3v) is 6.81. The Morgan fingerprint density at radius 1 is 1.08 bits per heavy atom. The van der Waals surface area contributed by atoms with E-state index >= 15 is 0 Å². The van der Waals surface area contributed by atoms with Gasteiger partial charge in [0.05, 0.1) is 0 Å². The molecule has 2 aliphatic heterocycles. The molecule has 1 aliphatic carbocycles. The van der Waals surface area contributed by atoms with Gasteiger partial charge in [0.25, 0.3) is 0 Å². The van der Waals surface area contributed by atoms with Crippen LogP contribution < -0.4 is 5.73 Å². The summed E-state index contributed by atoms with van der Waals surface area (Å²) in [5.74, 6) is 1.21. The molecule has 1 saturated carbocycles. The monoisotopic (exact) mass is 340 g/mol. The van der Waals surface area contributed by atoms with Crippen molar-refractivity contribution in [3.8, 4) is 0 Å². The molecule has 2 fully saturated rings. The minimum Gasteiger partial charge on any atom is -0.328 e. The maximum Gasteiger partial charge on any atom is 0.165 e. The Labute approximate surface area is 152 Å². The van der Waals surface area contributed by atoms with Crippen LogP contribution in [0.25, 0.3) is 0 Å². The number of fused-ring (bicyclic) bond motifs is 5. The first-order valence-electron chi connectivity index (χ1n) is 10.2. The predicted molar refractivity (Wildman–Crippen MR) is 102 cm³/mol. The van der Waals surface area contributed by atoms with Crippen LogP contribution in [0, 0.1) is 11.8 Å². The molecule has 3 aliphatic rings. The lowest BCUT2D eigenvalue weighted by Gasteiger charge is -2.29. The lowest BCUT2D eigenvalue weighted by Crippen LogP contribution is -2.29. The zero-order valence-corrected chi connectivity index (χ0v) is 15.7. The van der Waals surface area contributed by atoms with Gasteiger partial charge >= 0.3 is 0 Å². The molecule has 136 valence electrons. The number of carbonyl (C=O) groups is 1. The lowest BCUT2D eigenvalue weighted by atomic mass is 9.84. The van der Waals surface area contributed by atoms with Crippen molar-refractivity contribution in [3.05, 3.63) is 34.9 Å². The number of ketones is 1. The molecule has 1 aromatic rings. The molecule has 1 saturated heterocycles. The van der Waals surface area contributed by atoms with Gasteiger partial charge in [-0.2, -0.15) is 0 Å². The molecular formula is C22H32N2O. The highest BCUT2D eigenvalue weighted by atomic mass is 16.1. The minimum atomic E-state index is 0.0745. The molecule has 2 bridgehead atoms. The number of benzene rings is 1. The van der Waals surface area contributed by atoms with Crippen LogP contribution in [0.1, 0.15) is 92.4 Å². The van der Waals surface area contributed by atoms with Gasteiger partial charge in [0.15, 0.2) is 5.78 Å². The molecule has 4 rings (SSSR count). The highest BCUT2D eigenvalue weighted by Crippen LogP contribution is 2.53. The zero-order chi connectivity index (χ0) is 17.6. The van der Waals surface area contributed by atoms with Crippen molar-refractivity contribution in [2.75, 3.05) is 6.54 Å². The van der Waals surface area contributed by atoms with Crippen LogP contribution in [0.5, 0.6) is 0 Å². The van der Waals surface area contributed by atoms with Crippen LogP contribution in [0.15, 0.2) is 18.2 Å². The molecule has 25 heavy (non-hydrogen) atoms. The van der Waals surface area contributed by atoms with Crippen LogP contribution in [0.2, 0.25) is 0 Å². The van der Waals surface area contributed by atoms with Crippen molar-refractivity contribution in [3.63, 3.8) is 0 Å². The Kier molecular flexibility index (Phi) is 4.72. The summed E-state index contributed by atoms with van der Waals surface area (Å²) in [6.45, 7) is 5.19. The molecule has 2 N–H and O–H groups in total. The number of hydrogen-bond donors (Lipinski definition) is 1. The summed E-state index contributed by atoms with van der Waals surface area (Å²) in [5, 5.41) is 0. The van der Waals surface area contributed by atoms with E-state index in [1.807, 2.05) is 13.8 Å². The average molecular weight is 341 g/mol. The van der Waals surface area contributed by atoms with E-state index in [9.17, 15) is 4.79 Å². The van der Waals surface area contributed by atoms with Crippen molar-refractivity contribution in [1.82, 2.24) is 4.90 Å². The summed E-state index contributed by atoms with van der Waals surface area (Å²) in [6, 6.07) is 8.08. The minimum absolute atomic E-state index is 0.0745. The second kappa shape index (κ2) is 6.85. The topological polar surface area (TPSA) is 46.3 Å². The summed E-state index contributed by atoms with van der Waals surface area (Å²) in [5.41, 5.74) is 9.88. The Morgan fingerprint density at radius 2 is 1.76 bits per heavy atom. The van der Waals surface area contributed by atoms with Gasteiger partial charge in [0, 0.05) is 29.6 Å². The highest BCUT2D eigenvalue weighted by molar-refractivity contribution is 5.97. The predicted octanol–water partition coefficient (Wildman–Crippen LogP) is 4.62. The summed E-state index contributed by atoms with van der Waals surface area (Å²) >= 11 is 0. The van der Waals surface area contributed by atoms with E-state index in [2.05, 4.69) is 23.1 Å². The first-order chi connectivity index (χ1) is 12.0. The standard InChI is InChI=1S/C22H32N2O/c1-14(2)22(25)16-5-8-18-19(13-16)21-10-9-20(18)24(21)12-11-15-3-6-17(23)7-4-15/h5,8,13-15,17,20-21H,3-4,6-7,9-12,23H2,1-2H3. The maximum atomic E-state index is 12.4. The lowest BCUT2D eigenvalue weighted by molar-refractivity contribution is 0.0939. The molecule has 2 heterocycles. The molecule has 3 heteroatoms. The van der Waals surface area contributed by atoms with Crippen molar-refractivity contribution < 1.29 is 4.79 Å². The van der Waals surface area contributed by atoms with Gasteiger partial charge in [0.2, 0.25) is 0 Å². The van der Waals surface area contributed by atoms with Gasteiger partial charge < -0.3 is 5.73 Å². The Balaban J connectivity index is 1.45. The van der Waals surface area contributed by atoms with Crippen LogP contribution in [0.4, 0.5) is 0 Å². The van der Waals surface area contributed by atoms with Crippen LogP contribution >= 0.6 is 0 Å². The van der Waals surface area contributed by atoms with E-state index in [0.29, 0.717) is 18.1 Å². The van der Waals surface area contributed by atoms with Crippen molar-refractivity contribution in [1.29, 1.82) is 0 Å². The fraction of sp³-hybridized carbons (Fsp3) is 0.682. The van der Waals surface area contributed by atoms with Gasteiger partial charge in [-0.25, -0.2) is 0 Å². The molecule has 3 nitrogen and oxygen atoms in total. The highest BCUT2D eigenvalue weighted by Gasteiger charge is 2.43. The van der Waals surface area contributed by atoms with E-state index in [4.69, 9.17) is 5.73 Å². The molecule has 2 unspecified atom stereocenters. The Morgan fingerprint density at radius 3 is 2.44 bits per heavy atom. The van der Waals surface area contributed by atoms with E-state index in [-0.39, 0.29) is 11.7 Å². The van der Waals surface area contributed by atoms with Crippen LogP contribution in [-0.2, 0) is 0 Å². The fourth-order valence-electron chi connectivity index (χ4n) is 5.31. The molecule has 0 radical (unpaired) electrons. The number of Topliss-reactive ketones (excluding diaryl/α,β-unsaturated/α-hetero) is 1. The third kappa shape index (κ3) is 3.17. The van der Waals surface area contributed by atoms with Crippen molar-refractivity contribution in [2.24, 2.45) is 17.6 Å². The van der Waals surface area contributed by atoms with E-state index in [1.165, 1.54) is 62.6 Å². The zero-order valence-electron chi connectivity index (χ0n) is 15.7. The first-order valence-corrected chi connectivity index (χ1v) is 10.2. The molecule has 0 spiro atoms. The van der Waals surface area contributed by atoms with Gasteiger partial charge in [-0.15, -0.1) is 0 Å². The number of carbonyl (C=O) groups excluding carboxylic acids is 1.